The Morgan fingerprint density at radius 2 is 1.97 bits per heavy atom. The van der Waals surface area contributed by atoms with E-state index in [1.807, 2.05) is 42.6 Å². The fourth-order valence-electron chi connectivity index (χ4n) is 3.55. The van der Waals surface area contributed by atoms with Crippen molar-refractivity contribution in [2.75, 3.05) is 13.7 Å². The van der Waals surface area contributed by atoms with Crippen molar-refractivity contribution in [2.24, 2.45) is 7.05 Å². The smallest absolute Gasteiger partial charge is 0.274 e. The zero-order valence-electron chi connectivity index (χ0n) is 16.4. The zero-order chi connectivity index (χ0) is 20.4. The van der Waals surface area contributed by atoms with E-state index in [4.69, 9.17) is 4.74 Å². The number of H-pyrrole nitrogens is 1. The van der Waals surface area contributed by atoms with Crippen LogP contribution in [0.15, 0.2) is 53.5 Å². The van der Waals surface area contributed by atoms with E-state index in [9.17, 15) is 9.59 Å². The van der Waals surface area contributed by atoms with Crippen LogP contribution in [-0.2, 0) is 24.7 Å². The number of hydrogen-bond acceptors (Lipinski definition) is 4. The van der Waals surface area contributed by atoms with Crippen LogP contribution in [0.25, 0.3) is 21.7 Å². The first-order valence-corrected chi connectivity index (χ1v) is 9.42. The number of carbonyl (C=O) groups is 1. The van der Waals surface area contributed by atoms with E-state index in [0.29, 0.717) is 24.0 Å². The molecule has 7 nitrogen and oxygen atoms in total. The molecule has 0 saturated heterocycles. The highest BCUT2D eigenvalue weighted by molar-refractivity contribution is 5.88. The summed E-state index contributed by atoms with van der Waals surface area (Å²) in [5.74, 6) is 0.675. The molecule has 0 aliphatic carbocycles. The Morgan fingerprint density at radius 3 is 2.76 bits per heavy atom. The molecule has 4 aromatic rings. The van der Waals surface area contributed by atoms with Crippen molar-refractivity contribution < 1.29 is 9.53 Å². The molecule has 0 aliphatic heterocycles. The van der Waals surface area contributed by atoms with E-state index in [1.54, 1.807) is 20.2 Å². The Morgan fingerprint density at radius 1 is 1.17 bits per heavy atom. The van der Waals surface area contributed by atoms with Crippen molar-refractivity contribution in [3.63, 3.8) is 0 Å². The van der Waals surface area contributed by atoms with Crippen LogP contribution in [0.4, 0.5) is 0 Å². The van der Waals surface area contributed by atoms with Crippen molar-refractivity contribution in [3.05, 3.63) is 70.3 Å². The molecule has 148 valence electrons. The second-order valence-corrected chi connectivity index (χ2v) is 6.92. The summed E-state index contributed by atoms with van der Waals surface area (Å²) in [5.41, 5.74) is 2.58. The molecule has 0 spiro atoms. The van der Waals surface area contributed by atoms with Gasteiger partial charge in [-0.25, -0.2) is 4.68 Å². The highest BCUT2D eigenvalue weighted by Gasteiger charge is 2.12. The normalized spacial score (nSPS) is 11.1. The molecular formula is C22H22N4O3. The van der Waals surface area contributed by atoms with Crippen molar-refractivity contribution in [2.45, 2.75) is 12.8 Å². The summed E-state index contributed by atoms with van der Waals surface area (Å²) in [6.07, 6.45) is 2.77. The van der Waals surface area contributed by atoms with Crippen LogP contribution < -0.4 is 15.6 Å². The second-order valence-electron chi connectivity index (χ2n) is 6.92. The molecule has 0 atom stereocenters. The van der Waals surface area contributed by atoms with Gasteiger partial charge in [0.1, 0.15) is 5.75 Å². The maximum absolute atomic E-state index is 12.5. The molecule has 0 aliphatic rings. The topological polar surface area (TPSA) is 89.0 Å². The lowest BCUT2D eigenvalue weighted by molar-refractivity contribution is -0.120. The van der Waals surface area contributed by atoms with Gasteiger partial charge in [0, 0.05) is 36.1 Å². The van der Waals surface area contributed by atoms with Gasteiger partial charge in [-0.2, -0.15) is 5.10 Å². The van der Waals surface area contributed by atoms with Crippen LogP contribution in [0.1, 0.15) is 11.3 Å². The minimum absolute atomic E-state index is 0.121. The number of ether oxygens (including phenoxy) is 1. The Bertz CT molecular complexity index is 1260. The average molecular weight is 390 g/mol. The fourth-order valence-corrected chi connectivity index (χ4v) is 3.55. The lowest BCUT2D eigenvalue weighted by atomic mass is 10.1. The van der Waals surface area contributed by atoms with Gasteiger partial charge >= 0.3 is 0 Å². The Labute approximate surface area is 167 Å². The summed E-state index contributed by atoms with van der Waals surface area (Å²) in [5, 5.41) is 9.61. The Kier molecular flexibility index (Phi) is 5.03. The largest absolute Gasteiger partial charge is 0.497 e. The molecule has 7 heteroatoms. The first-order valence-electron chi connectivity index (χ1n) is 9.42. The van der Waals surface area contributed by atoms with E-state index in [-0.39, 0.29) is 17.9 Å². The number of benzene rings is 2. The van der Waals surface area contributed by atoms with E-state index in [2.05, 4.69) is 15.4 Å². The van der Waals surface area contributed by atoms with Gasteiger partial charge in [0.05, 0.1) is 24.6 Å². The molecule has 29 heavy (non-hydrogen) atoms. The minimum Gasteiger partial charge on any atom is -0.497 e. The van der Waals surface area contributed by atoms with E-state index >= 15 is 0 Å². The summed E-state index contributed by atoms with van der Waals surface area (Å²) in [6, 6.07) is 13.1. The number of methoxy groups -OCH3 is 1. The standard InChI is InChI=1S/C22H22N4O3/c1-26-22(28)17-6-4-3-5-16(17)20(25-26)12-21(27)23-10-9-14-13-24-19-8-7-15(29-2)11-18(14)19/h3-8,11,13,24H,9-10,12H2,1-2H3,(H,23,27). The number of aromatic nitrogens is 3. The van der Waals surface area contributed by atoms with Gasteiger partial charge in [0.2, 0.25) is 5.91 Å². The average Bonchev–Trinajstić information content (AvgIpc) is 3.14. The molecule has 0 bridgehead atoms. The van der Waals surface area contributed by atoms with Crippen LogP contribution in [0.5, 0.6) is 5.75 Å². The van der Waals surface area contributed by atoms with Gasteiger partial charge in [-0.3, -0.25) is 9.59 Å². The number of hydrogen-bond donors (Lipinski definition) is 2. The van der Waals surface area contributed by atoms with Gasteiger partial charge in [-0.15, -0.1) is 0 Å². The van der Waals surface area contributed by atoms with Gasteiger partial charge in [0.15, 0.2) is 0 Å². The van der Waals surface area contributed by atoms with Crippen LogP contribution >= 0.6 is 0 Å². The van der Waals surface area contributed by atoms with E-state index in [0.717, 1.165) is 27.6 Å². The maximum Gasteiger partial charge on any atom is 0.274 e. The molecule has 4 rings (SSSR count). The SMILES string of the molecule is COc1ccc2[nH]cc(CCNC(=O)Cc3nn(C)c(=O)c4ccccc34)c2c1. The predicted molar refractivity (Wildman–Crippen MR) is 112 cm³/mol. The quantitative estimate of drug-likeness (QED) is 0.529. The number of aryl methyl sites for hydroxylation is 1. The third-order valence-electron chi connectivity index (χ3n) is 5.05. The molecule has 2 aromatic carbocycles. The van der Waals surface area contributed by atoms with Crippen LogP contribution in [-0.4, -0.2) is 34.3 Å². The van der Waals surface area contributed by atoms with Gasteiger partial charge < -0.3 is 15.0 Å². The van der Waals surface area contributed by atoms with Crippen LogP contribution in [0, 0.1) is 0 Å². The first-order chi connectivity index (χ1) is 14.1. The van der Waals surface area contributed by atoms with Gasteiger partial charge in [0.25, 0.3) is 5.56 Å². The lowest BCUT2D eigenvalue weighted by Gasteiger charge is -2.09. The molecule has 1 amide bonds. The second kappa shape index (κ2) is 7.79. The van der Waals surface area contributed by atoms with Crippen LogP contribution in [0.3, 0.4) is 0 Å². The highest BCUT2D eigenvalue weighted by atomic mass is 16.5. The van der Waals surface area contributed by atoms with Crippen molar-refractivity contribution in [1.82, 2.24) is 20.1 Å². The number of carbonyl (C=O) groups excluding carboxylic acids is 1. The zero-order valence-corrected chi connectivity index (χ0v) is 16.4. The molecule has 0 unspecified atom stereocenters. The monoisotopic (exact) mass is 390 g/mol. The number of rotatable bonds is 6. The number of aromatic amines is 1. The van der Waals surface area contributed by atoms with Crippen molar-refractivity contribution >= 4 is 27.6 Å². The summed E-state index contributed by atoms with van der Waals surface area (Å²) in [7, 11) is 3.24. The molecular weight excluding hydrogens is 368 g/mol. The summed E-state index contributed by atoms with van der Waals surface area (Å²) >= 11 is 0. The third-order valence-corrected chi connectivity index (χ3v) is 5.05. The minimum atomic E-state index is -0.167. The van der Waals surface area contributed by atoms with Crippen molar-refractivity contribution in [3.8, 4) is 5.75 Å². The lowest BCUT2D eigenvalue weighted by Crippen LogP contribution is -2.29. The number of nitrogens with zero attached hydrogens (tertiary/aromatic N) is 2. The molecule has 2 N–H and O–H groups in total. The summed E-state index contributed by atoms with van der Waals surface area (Å²) in [6.45, 7) is 0.507. The van der Waals surface area contributed by atoms with Crippen LogP contribution in [0.2, 0.25) is 0 Å². The Balaban J connectivity index is 1.45. The predicted octanol–water partition coefficient (Wildman–Crippen LogP) is 2.32. The van der Waals surface area contributed by atoms with E-state index in [1.165, 1.54) is 4.68 Å². The van der Waals surface area contributed by atoms with Gasteiger partial charge in [-0.05, 0) is 36.2 Å². The molecule has 0 saturated carbocycles. The number of amides is 1. The Hall–Kier alpha value is -3.61. The maximum atomic E-state index is 12.5. The van der Waals surface area contributed by atoms with E-state index < -0.39 is 0 Å². The molecule has 2 heterocycles. The van der Waals surface area contributed by atoms with Crippen molar-refractivity contribution in [1.29, 1.82) is 0 Å². The number of fused-ring (bicyclic) bond motifs is 2. The highest BCUT2D eigenvalue weighted by Crippen LogP contribution is 2.23. The first kappa shape index (κ1) is 18.7. The number of nitrogens with one attached hydrogen (secondary N) is 2. The molecule has 0 fully saturated rings. The summed E-state index contributed by atoms with van der Waals surface area (Å²) in [4.78, 5) is 27.9. The molecule has 2 aromatic heterocycles. The van der Waals surface area contributed by atoms with Gasteiger partial charge in [-0.1, -0.05) is 18.2 Å². The fraction of sp³-hybridized carbons (Fsp3) is 0.227. The summed E-state index contributed by atoms with van der Waals surface area (Å²) < 4.78 is 6.58. The third kappa shape index (κ3) is 3.71. The molecule has 0 radical (unpaired) electrons.